The maximum Gasteiger partial charge on any atom is 0.0598 e. The Hall–Kier alpha value is -0.0800. The summed E-state index contributed by atoms with van der Waals surface area (Å²) < 4.78 is 11.4. The minimum Gasteiger partial charge on any atom is -0.376 e. The molecule has 222 valence electrons. The lowest BCUT2D eigenvalue weighted by Gasteiger charge is -2.30. The first-order valence-electron chi connectivity index (χ1n) is 14.7. The van der Waals surface area contributed by atoms with Gasteiger partial charge in [-0.05, 0) is 93.8 Å². The molecule has 0 aliphatic heterocycles. The molecule has 0 aliphatic carbocycles. The van der Waals surface area contributed by atoms with Crippen molar-refractivity contribution in [3.63, 3.8) is 0 Å². The Bertz CT molecular complexity index is 452. The molecule has 0 saturated carbocycles. The highest BCUT2D eigenvalue weighted by Gasteiger charge is 2.24. The zero-order valence-electron chi connectivity index (χ0n) is 29.4. The van der Waals surface area contributed by atoms with Crippen molar-refractivity contribution in [3.8, 4) is 0 Å². The minimum atomic E-state index is -0.000486. The van der Waals surface area contributed by atoms with Crippen LogP contribution < -0.4 is 0 Å². The van der Waals surface area contributed by atoms with E-state index >= 15 is 0 Å². The predicted molar refractivity (Wildman–Crippen MR) is 166 cm³/mol. The molecular weight excluding hydrogens is 440 g/mol. The second kappa shape index (κ2) is 15.5. The summed E-state index contributed by atoms with van der Waals surface area (Å²) in [7, 11) is 0. The highest BCUT2D eigenvalue weighted by Crippen LogP contribution is 2.33. The van der Waals surface area contributed by atoms with Gasteiger partial charge in [0.25, 0.3) is 0 Å². The van der Waals surface area contributed by atoms with Gasteiger partial charge < -0.3 is 9.47 Å². The topological polar surface area (TPSA) is 18.5 Å². The van der Waals surface area contributed by atoms with E-state index in [9.17, 15) is 0 Å². The summed E-state index contributed by atoms with van der Waals surface area (Å²) in [5, 5.41) is 0. The molecule has 3 atom stereocenters. The third-order valence-corrected chi connectivity index (χ3v) is 7.30. The van der Waals surface area contributed by atoms with Crippen molar-refractivity contribution in [2.24, 2.45) is 39.4 Å². The molecule has 0 rings (SSSR count). The van der Waals surface area contributed by atoms with Crippen LogP contribution in [0.3, 0.4) is 0 Å². The van der Waals surface area contributed by atoms with Crippen LogP contribution in [0.2, 0.25) is 0 Å². The zero-order valence-corrected chi connectivity index (χ0v) is 29.4. The van der Waals surface area contributed by atoms with E-state index in [2.05, 4.69) is 145 Å². The number of rotatable bonds is 6. The molecule has 36 heavy (non-hydrogen) atoms. The Morgan fingerprint density at radius 3 is 0.833 bits per heavy atom. The van der Waals surface area contributed by atoms with Crippen LogP contribution in [0.4, 0.5) is 0 Å². The van der Waals surface area contributed by atoms with Crippen LogP contribution >= 0.6 is 0 Å². The number of ether oxygens (including phenoxy) is 2. The van der Waals surface area contributed by atoms with E-state index in [1.165, 1.54) is 12.8 Å². The molecule has 0 aliphatic rings. The Kier molecular flexibility index (Phi) is 17.4. The third kappa shape index (κ3) is 28.5. The first-order chi connectivity index (χ1) is 15.4. The van der Waals surface area contributed by atoms with Crippen LogP contribution in [0.5, 0.6) is 0 Å². The minimum absolute atomic E-state index is 0.000486. The molecule has 0 fully saturated rings. The first-order valence-corrected chi connectivity index (χ1v) is 14.7. The predicted octanol–water partition coefficient (Wildman–Crippen LogP) is 11.5. The van der Waals surface area contributed by atoms with Crippen molar-refractivity contribution in [1.29, 1.82) is 0 Å². The van der Waals surface area contributed by atoms with E-state index in [0.717, 1.165) is 19.1 Å². The van der Waals surface area contributed by atoms with Crippen LogP contribution in [0.15, 0.2) is 0 Å². The van der Waals surface area contributed by atoms with Gasteiger partial charge >= 0.3 is 0 Å². The molecule has 0 amide bonds. The second-order valence-electron chi connectivity index (χ2n) is 17.7. The van der Waals surface area contributed by atoms with Crippen LogP contribution in [-0.2, 0) is 9.47 Å². The monoisotopic (exact) mass is 515 g/mol. The van der Waals surface area contributed by atoms with Gasteiger partial charge in [0.05, 0.1) is 24.4 Å². The van der Waals surface area contributed by atoms with Crippen molar-refractivity contribution >= 4 is 0 Å². The molecule has 0 aromatic rings. The quantitative estimate of drug-likeness (QED) is 0.351. The highest BCUT2D eigenvalue weighted by atomic mass is 16.5. The van der Waals surface area contributed by atoms with Gasteiger partial charge in [-0.2, -0.15) is 0 Å². The molecule has 0 radical (unpaired) electrons. The van der Waals surface area contributed by atoms with E-state index in [-0.39, 0.29) is 11.2 Å². The van der Waals surface area contributed by atoms with E-state index in [4.69, 9.17) is 9.47 Å². The highest BCUT2D eigenvalue weighted by molar-refractivity contribution is 4.73. The molecule has 2 heteroatoms. The maximum atomic E-state index is 5.72. The average molecular weight is 515 g/mol. The fourth-order valence-corrected chi connectivity index (χ4v) is 2.33. The van der Waals surface area contributed by atoms with Crippen molar-refractivity contribution in [1.82, 2.24) is 0 Å². The summed E-state index contributed by atoms with van der Waals surface area (Å²) in [6.45, 7) is 48.6. The Labute approximate surface area is 231 Å². The fourth-order valence-electron chi connectivity index (χ4n) is 2.33. The molecule has 0 aromatic carbocycles. The number of hydrogen-bond acceptors (Lipinski definition) is 2. The molecule has 0 spiro atoms. The van der Waals surface area contributed by atoms with E-state index < -0.39 is 0 Å². The summed E-state index contributed by atoms with van der Waals surface area (Å²) in [5.41, 5.74) is 1.68. The Morgan fingerprint density at radius 2 is 0.667 bits per heavy atom. The second-order valence-corrected chi connectivity index (χ2v) is 17.7. The van der Waals surface area contributed by atoms with Gasteiger partial charge in [0.15, 0.2) is 0 Å². The van der Waals surface area contributed by atoms with Gasteiger partial charge in [0.2, 0.25) is 0 Å². The van der Waals surface area contributed by atoms with Crippen molar-refractivity contribution < 1.29 is 9.47 Å². The largest absolute Gasteiger partial charge is 0.376 e. The molecule has 0 bridgehead atoms. The maximum absolute atomic E-state index is 5.72. The third-order valence-electron chi connectivity index (χ3n) is 7.30. The lowest BCUT2D eigenvalue weighted by molar-refractivity contribution is -0.0375. The molecule has 2 nitrogen and oxygen atoms in total. The average Bonchev–Trinajstić information content (AvgIpc) is 2.58. The van der Waals surface area contributed by atoms with E-state index in [0.29, 0.717) is 33.5 Å². The Morgan fingerprint density at radius 1 is 0.417 bits per heavy atom. The van der Waals surface area contributed by atoms with Crippen LogP contribution in [0, 0.1) is 39.4 Å². The summed E-state index contributed by atoms with van der Waals surface area (Å²) in [6.07, 6.45) is 2.69. The van der Waals surface area contributed by atoms with Crippen LogP contribution in [0.1, 0.15) is 158 Å². The van der Waals surface area contributed by atoms with Gasteiger partial charge in [0, 0.05) is 0 Å². The molecular formula is C34H74O2. The van der Waals surface area contributed by atoms with Gasteiger partial charge in [-0.3, -0.25) is 0 Å². The Balaban J connectivity index is -0.000000454. The van der Waals surface area contributed by atoms with E-state index in [1.54, 1.807) is 0 Å². The van der Waals surface area contributed by atoms with Gasteiger partial charge in [-0.25, -0.2) is 0 Å². The summed E-state index contributed by atoms with van der Waals surface area (Å²) in [6, 6.07) is 0. The summed E-state index contributed by atoms with van der Waals surface area (Å²) in [5.74, 6) is 2.05. The number of hydrogen-bond donors (Lipinski definition) is 0. The first kappa shape index (κ1) is 40.4. The standard InChI is InChI=1S/C12H26.2C11H24O/c1-10(12(5,6)7)8-9-11(2,3)4;2*1-9(10(2,3)4)8-12-11(5,6)7/h10H,8-9H2,1-7H3;2*9H,8H2,1-7H3/t;9-;/m.0./s1. The molecule has 0 aromatic heterocycles. The normalized spacial score (nSPS) is 16.2. The van der Waals surface area contributed by atoms with Crippen molar-refractivity contribution in [3.05, 3.63) is 0 Å². The van der Waals surface area contributed by atoms with Crippen molar-refractivity contribution in [2.75, 3.05) is 13.2 Å². The van der Waals surface area contributed by atoms with Gasteiger partial charge in [-0.15, -0.1) is 0 Å². The lowest BCUT2D eigenvalue weighted by Crippen LogP contribution is -2.28. The van der Waals surface area contributed by atoms with Crippen LogP contribution in [-0.4, -0.2) is 24.4 Å². The molecule has 0 heterocycles. The molecule has 0 saturated heterocycles. The summed E-state index contributed by atoms with van der Waals surface area (Å²) in [4.78, 5) is 0. The van der Waals surface area contributed by atoms with E-state index in [1.807, 2.05) is 0 Å². The van der Waals surface area contributed by atoms with Crippen LogP contribution in [0.25, 0.3) is 0 Å². The van der Waals surface area contributed by atoms with Gasteiger partial charge in [-0.1, -0.05) is 104 Å². The summed E-state index contributed by atoms with van der Waals surface area (Å²) >= 11 is 0. The fraction of sp³-hybridized carbons (Fsp3) is 1.00. The molecule has 2 unspecified atom stereocenters. The molecule has 0 N–H and O–H groups in total. The smallest absolute Gasteiger partial charge is 0.0598 e. The lowest BCUT2D eigenvalue weighted by atomic mass is 9.76. The van der Waals surface area contributed by atoms with Crippen molar-refractivity contribution in [2.45, 2.75) is 169 Å². The zero-order chi connectivity index (χ0) is 30.0. The SMILES string of the molecule is CC(CCC(C)(C)C)C(C)(C)C.CC(COC(C)(C)C)C(C)(C)C.C[C@@H](COC(C)(C)C)C(C)(C)C. The van der Waals surface area contributed by atoms with Gasteiger partial charge in [0.1, 0.15) is 0 Å².